The van der Waals surface area contributed by atoms with Crippen LogP contribution in [0.3, 0.4) is 0 Å². The van der Waals surface area contributed by atoms with Crippen LogP contribution >= 0.6 is 0 Å². The number of aliphatic carboxylic acids is 1. The van der Waals surface area contributed by atoms with Crippen molar-refractivity contribution in [2.24, 2.45) is 11.0 Å². The Kier molecular flexibility index (Phi) is 8.47. The van der Waals surface area contributed by atoms with Gasteiger partial charge in [-0.05, 0) is 61.4 Å². The third-order valence-corrected chi connectivity index (χ3v) is 6.52. The molecule has 2 saturated heterocycles. The summed E-state index contributed by atoms with van der Waals surface area (Å²) in [4.78, 5) is 19.1. The molecule has 0 radical (unpaired) electrons. The SMILES string of the molecule is O=C(O)CC1CCN(CC2CC(c3ccc(C=NNCCc4ccccc4)cc3)NO2)CC1. The van der Waals surface area contributed by atoms with Gasteiger partial charge in [0.2, 0.25) is 0 Å². The van der Waals surface area contributed by atoms with Gasteiger partial charge in [0.05, 0.1) is 18.4 Å². The molecule has 2 aliphatic rings. The highest BCUT2D eigenvalue weighted by Crippen LogP contribution is 2.27. The highest BCUT2D eigenvalue weighted by molar-refractivity contribution is 5.79. The highest BCUT2D eigenvalue weighted by Gasteiger charge is 2.30. The van der Waals surface area contributed by atoms with Crippen LogP contribution in [-0.4, -0.2) is 54.5 Å². The number of piperidine rings is 1. The van der Waals surface area contributed by atoms with Crippen LogP contribution in [0.4, 0.5) is 0 Å². The lowest BCUT2D eigenvalue weighted by Crippen LogP contribution is -2.39. The van der Waals surface area contributed by atoms with Crippen LogP contribution in [-0.2, 0) is 16.1 Å². The first-order valence-electron chi connectivity index (χ1n) is 11.9. The molecule has 0 aliphatic carbocycles. The lowest BCUT2D eigenvalue weighted by Gasteiger charge is -2.32. The first kappa shape index (κ1) is 23.4. The average Bonchev–Trinajstić information content (AvgIpc) is 3.29. The van der Waals surface area contributed by atoms with Crippen molar-refractivity contribution in [3.8, 4) is 0 Å². The molecular formula is C26H34N4O3. The Bertz CT molecular complexity index is 896. The standard InChI is InChI=1S/C26H34N4O3/c31-26(32)16-21-11-14-30(15-12-21)19-24-17-25(29-33-24)23-8-6-22(7-9-23)18-28-27-13-10-20-4-2-1-3-5-20/h1-9,18,21,24-25,27,29H,10-17,19H2,(H,31,32). The summed E-state index contributed by atoms with van der Waals surface area (Å²) in [6.07, 6.45) is 6.10. The van der Waals surface area contributed by atoms with Crippen LogP contribution < -0.4 is 10.9 Å². The van der Waals surface area contributed by atoms with E-state index in [0.29, 0.717) is 12.3 Å². The minimum atomic E-state index is -0.684. The van der Waals surface area contributed by atoms with E-state index in [-0.39, 0.29) is 12.1 Å². The number of benzene rings is 2. The predicted octanol–water partition coefficient (Wildman–Crippen LogP) is 3.37. The molecule has 2 heterocycles. The molecule has 0 aromatic heterocycles. The summed E-state index contributed by atoms with van der Waals surface area (Å²) in [6.45, 7) is 3.61. The number of nitrogens with zero attached hydrogens (tertiary/aromatic N) is 2. The molecule has 33 heavy (non-hydrogen) atoms. The maximum absolute atomic E-state index is 10.9. The van der Waals surface area contributed by atoms with Gasteiger partial charge in [-0.2, -0.15) is 10.6 Å². The molecule has 3 N–H and O–H groups in total. The van der Waals surface area contributed by atoms with Crippen molar-refractivity contribution in [1.82, 2.24) is 15.8 Å². The topological polar surface area (TPSA) is 86.2 Å². The molecule has 0 bridgehead atoms. The van der Waals surface area contributed by atoms with Crippen LogP contribution in [0.1, 0.15) is 48.4 Å². The van der Waals surface area contributed by atoms with Gasteiger partial charge in [-0.15, -0.1) is 0 Å². The number of hydrazone groups is 1. The number of carboxylic acid groups (broad SMARTS) is 1. The Labute approximate surface area is 195 Å². The minimum Gasteiger partial charge on any atom is -0.481 e. The van der Waals surface area contributed by atoms with Gasteiger partial charge in [0, 0.05) is 19.5 Å². The first-order chi connectivity index (χ1) is 16.2. The Morgan fingerprint density at radius 1 is 1.15 bits per heavy atom. The van der Waals surface area contributed by atoms with Crippen LogP contribution in [0, 0.1) is 5.92 Å². The van der Waals surface area contributed by atoms with Crippen LogP contribution in [0.15, 0.2) is 59.7 Å². The summed E-state index contributed by atoms with van der Waals surface area (Å²) >= 11 is 0. The third-order valence-electron chi connectivity index (χ3n) is 6.52. The second-order valence-corrected chi connectivity index (χ2v) is 9.06. The normalized spacial score (nSPS) is 22.1. The lowest BCUT2D eigenvalue weighted by atomic mass is 9.93. The molecule has 2 aromatic rings. The van der Waals surface area contributed by atoms with Gasteiger partial charge in [-0.1, -0.05) is 54.6 Å². The molecule has 2 aliphatic heterocycles. The molecule has 0 saturated carbocycles. The number of carboxylic acids is 1. The zero-order valence-electron chi connectivity index (χ0n) is 19.0. The Morgan fingerprint density at radius 3 is 2.64 bits per heavy atom. The third kappa shape index (κ3) is 7.39. The zero-order chi connectivity index (χ0) is 22.9. The van der Waals surface area contributed by atoms with Gasteiger partial charge in [0.15, 0.2) is 0 Å². The Hall–Kier alpha value is -2.74. The smallest absolute Gasteiger partial charge is 0.303 e. The van der Waals surface area contributed by atoms with Crippen molar-refractivity contribution >= 4 is 12.2 Å². The summed E-state index contributed by atoms with van der Waals surface area (Å²) in [6, 6.07) is 19.0. The molecular weight excluding hydrogens is 416 g/mol. The van der Waals surface area contributed by atoms with E-state index in [1.54, 1.807) is 0 Å². The summed E-state index contributed by atoms with van der Waals surface area (Å²) in [7, 11) is 0. The second-order valence-electron chi connectivity index (χ2n) is 9.06. The van der Waals surface area contributed by atoms with Crippen molar-refractivity contribution in [2.45, 2.75) is 44.2 Å². The number of rotatable bonds is 10. The molecule has 2 fully saturated rings. The van der Waals surface area contributed by atoms with Gasteiger partial charge in [-0.3, -0.25) is 9.63 Å². The van der Waals surface area contributed by atoms with E-state index in [9.17, 15) is 4.79 Å². The fourth-order valence-electron chi connectivity index (χ4n) is 4.61. The van der Waals surface area contributed by atoms with Crippen LogP contribution in [0.2, 0.25) is 0 Å². The maximum Gasteiger partial charge on any atom is 0.303 e. The van der Waals surface area contributed by atoms with Gasteiger partial charge >= 0.3 is 5.97 Å². The Morgan fingerprint density at radius 2 is 1.91 bits per heavy atom. The molecule has 2 unspecified atom stereocenters. The van der Waals surface area contributed by atoms with Crippen molar-refractivity contribution in [3.63, 3.8) is 0 Å². The van der Waals surface area contributed by atoms with Crippen molar-refractivity contribution in [2.75, 3.05) is 26.2 Å². The molecule has 0 spiro atoms. The van der Waals surface area contributed by atoms with Crippen molar-refractivity contribution < 1.29 is 14.7 Å². The van der Waals surface area contributed by atoms with E-state index >= 15 is 0 Å². The van der Waals surface area contributed by atoms with Gasteiger partial charge in [0.25, 0.3) is 0 Å². The average molecular weight is 451 g/mol. The molecule has 7 heteroatoms. The van der Waals surface area contributed by atoms with E-state index < -0.39 is 5.97 Å². The van der Waals surface area contributed by atoms with Crippen LogP contribution in [0.25, 0.3) is 0 Å². The van der Waals surface area contributed by atoms with E-state index in [0.717, 1.165) is 57.4 Å². The quantitative estimate of drug-likeness (QED) is 0.292. The van der Waals surface area contributed by atoms with E-state index in [1.807, 2.05) is 12.3 Å². The fourth-order valence-corrected chi connectivity index (χ4v) is 4.61. The summed E-state index contributed by atoms with van der Waals surface area (Å²) in [5.74, 6) is -0.369. The maximum atomic E-state index is 10.9. The van der Waals surface area contributed by atoms with Crippen LogP contribution in [0.5, 0.6) is 0 Å². The van der Waals surface area contributed by atoms with E-state index in [4.69, 9.17) is 9.94 Å². The lowest BCUT2D eigenvalue weighted by molar-refractivity contribution is -0.138. The van der Waals surface area contributed by atoms with E-state index in [1.165, 1.54) is 11.1 Å². The van der Waals surface area contributed by atoms with E-state index in [2.05, 4.69) is 69.4 Å². The number of carbonyl (C=O) groups is 1. The molecule has 7 nitrogen and oxygen atoms in total. The molecule has 176 valence electrons. The summed E-state index contributed by atoms with van der Waals surface area (Å²) in [5, 5.41) is 13.3. The largest absolute Gasteiger partial charge is 0.481 e. The first-order valence-corrected chi connectivity index (χ1v) is 11.9. The summed E-state index contributed by atoms with van der Waals surface area (Å²) in [5.41, 5.74) is 9.88. The zero-order valence-corrected chi connectivity index (χ0v) is 19.0. The van der Waals surface area contributed by atoms with Crippen molar-refractivity contribution in [1.29, 1.82) is 0 Å². The Balaban J connectivity index is 1.16. The monoisotopic (exact) mass is 450 g/mol. The molecule has 4 rings (SSSR count). The predicted molar refractivity (Wildman–Crippen MR) is 129 cm³/mol. The highest BCUT2D eigenvalue weighted by atomic mass is 16.7. The second kappa shape index (κ2) is 11.9. The molecule has 0 amide bonds. The molecule has 2 atom stereocenters. The number of likely N-dealkylation sites (tertiary alicyclic amines) is 1. The number of hydrogen-bond acceptors (Lipinski definition) is 6. The van der Waals surface area contributed by atoms with Gasteiger partial charge < -0.3 is 15.4 Å². The number of hydrogen-bond donors (Lipinski definition) is 3. The summed E-state index contributed by atoms with van der Waals surface area (Å²) < 4.78 is 0. The number of nitrogens with one attached hydrogen (secondary N) is 2. The minimum absolute atomic E-state index is 0.154. The fraction of sp³-hybridized carbons (Fsp3) is 0.462. The van der Waals surface area contributed by atoms with Gasteiger partial charge in [-0.25, -0.2) is 0 Å². The van der Waals surface area contributed by atoms with Gasteiger partial charge in [0.1, 0.15) is 0 Å². The van der Waals surface area contributed by atoms with Crippen molar-refractivity contribution in [3.05, 3.63) is 71.3 Å². The molecule has 2 aromatic carbocycles. The number of hydroxylamine groups is 1.